The van der Waals surface area contributed by atoms with Gasteiger partial charge < -0.3 is 15.5 Å². The van der Waals surface area contributed by atoms with Gasteiger partial charge in [0.05, 0.1) is 23.4 Å². The standard InChI is InChI=1S/C27H30N4O3S/c1-20-7-9-21(10-8-20)17-28-26(33)23-5-2-3-6-24(23)29-25(32)18-30-12-4-13-31(15-14-30)27(34)22-11-16-35-19-22/h2-3,5-11,16,19H,4,12-15,17-18H2,1H3,(H,28,33)(H,29,32). The van der Waals surface area contributed by atoms with Crippen LogP contribution in [0.2, 0.25) is 0 Å². The molecule has 0 spiro atoms. The van der Waals surface area contributed by atoms with Crippen molar-refractivity contribution in [3.63, 3.8) is 0 Å². The summed E-state index contributed by atoms with van der Waals surface area (Å²) in [6, 6.07) is 16.9. The summed E-state index contributed by atoms with van der Waals surface area (Å²) in [6.45, 7) is 5.27. The number of nitrogens with one attached hydrogen (secondary N) is 2. The molecule has 2 aromatic carbocycles. The van der Waals surface area contributed by atoms with Crippen LogP contribution in [-0.4, -0.2) is 60.2 Å². The Hall–Kier alpha value is -3.49. The molecule has 7 nitrogen and oxygen atoms in total. The Balaban J connectivity index is 1.30. The van der Waals surface area contributed by atoms with Crippen molar-refractivity contribution in [2.45, 2.75) is 19.9 Å². The SMILES string of the molecule is Cc1ccc(CNC(=O)c2ccccc2NC(=O)CN2CCCN(C(=O)c3ccsc3)CC2)cc1. The van der Waals surface area contributed by atoms with Gasteiger partial charge in [-0.15, -0.1) is 0 Å². The molecule has 3 amide bonds. The number of rotatable bonds is 7. The van der Waals surface area contributed by atoms with Crippen molar-refractivity contribution in [3.05, 3.63) is 87.6 Å². The van der Waals surface area contributed by atoms with Gasteiger partial charge in [0, 0.05) is 38.1 Å². The Morgan fingerprint density at radius 3 is 2.51 bits per heavy atom. The average Bonchev–Trinajstić information content (AvgIpc) is 3.30. The largest absolute Gasteiger partial charge is 0.348 e. The minimum Gasteiger partial charge on any atom is -0.348 e. The van der Waals surface area contributed by atoms with Crippen LogP contribution in [-0.2, 0) is 11.3 Å². The monoisotopic (exact) mass is 490 g/mol. The third-order valence-corrected chi connectivity index (χ3v) is 6.71. The van der Waals surface area contributed by atoms with Crippen LogP contribution in [0.25, 0.3) is 0 Å². The molecule has 1 aromatic heterocycles. The van der Waals surface area contributed by atoms with Crippen molar-refractivity contribution < 1.29 is 14.4 Å². The first-order chi connectivity index (χ1) is 17.0. The average molecular weight is 491 g/mol. The summed E-state index contributed by atoms with van der Waals surface area (Å²) in [6.07, 6.45) is 0.807. The van der Waals surface area contributed by atoms with E-state index in [0.717, 1.165) is 24.1 Å². The fraction of sp³-hybridized carbons (Fsp3) is 0.296. The van der Waals surface area contributed by atoms with Crippen LogP contribution in [0.4, 0.5) is 5.69 Å². The van der Waals surface area contributed by atoms with E-state index in [0.29, 0.717) is 37.4 Å². The molecule has 0 bridgehead atoms. The lowest BCUT2D eigenvalue weighted by molar-refractivity contribution is -0.117. The maximum atomic E-state index is 12.8. The lowest BCUT2D eigenvalue weighted by Crippen LogP contribution is -2.38. The number of hydrogen-bond donors (Lipinski definition) is 2. The summed E-state index contributed by atoms with van der Waals surface area (Å²) < 4.78 is 0. The molecule has 2 N–H and O–H groups in total. The first-order valence-electron chi connectivity index (χ1n) is 11.8. The van der Waals surface area contributed by atoms with E-state index in [1.54, 1.807) is 24.3 Å². The Morgan fingerprint density at radius 2 is 1.74 bits per heavy atom. The topological polar surface area (TPSA) is 81.8 Å². The Labute approximate surface area is 209 Å². The van der Waals surface area contributed by atoms with Gasteiger partial charge >= 0.3 is 0 Å². The molecule has 0 radical (unpaired) electrons. The highest BCUT2D eigenvalue weighted by atomic mass is 32.1. The van der Waals surface area contributed by atoms with E-state index in [4.69, 9.17) is 0 Å². The van der Waals surface area contributed by atoms with Gasteiger partial charge in [0.15, 0.2) is 0 Å². The van der Waals surface area contributed by atoms with Gasteiger partial charge in [0.1, 0.15) is 0 Å². The van der Waals surface area contributed by atoms with Crippen LogP contribution >= 0.6 is 11.3 Å². The number of nitrogens with zero attached hydrogens (tertiary/aromatic N) is 2. The highest BCUT2D eigenvalue weighted by Crippen LogP contribution is 2.16. The number of benzene rings is 2. The molecule has 0 aliphatic carbocycles. The summed E-state index contributed by atoms with van der Waals surface area (Å²) in [4.78, 5) is 42.2. The highest BCUT2D eigenvalue weighted by Gasteiger charge is 2.22. The molecular weight excluding hydrogens is 460 g/mol. The van der Waals surface area contributed by atoms with Gasteiger partial charge in [0.25, 0.3) is 11.8 Å². The second-order valence-electron chi connectivity index (χ2n) is 8.70. The quantitative estimate of drug-likeness (QED) is 0.528. The molecule has 35 heavy (non-hydrogen) atoms. The van der Waals surface area contributed by atoms with Crippen molar-refractivity contribution in [1.29, 1.82) is 0 Å². The Kier molecular flexibility index (Phi) is 8.28. The second-order valence-corrected chi connectivity index (χ2v) is 9.48. The minimum absolute atomic E-state index is 0.0446. The molecule has 3 aromatic rings. The summed E-state index contributed by atoms with van der Waals surface area (Å²) in [5.41, 5.74) is 3.82. The van der Waals surface area contributed by atoms with Crippen LogP contribution in [0.3, 0.4) is 0 Å². The summed E-state index contributed by atoms with van der Waals surface area (Å²) in [7, 11) is 0. The lowest BCUT2D eigenvalue weighted by atomic mass is 10.1. The number of para-hydroxylation sites is 1. The van der Waals surface area contributed by atoms with E-state index < -0.39 is 0 Å². The first kappa shape index (κ1) is 24.6. The Morgan fingerprint density at radius 1 is 0.943 bits per heavy atom. The lowest BCUT2D eigenvalue weighted by Gasteiger charge is -2.21. The van der Waals surface area contributed by atoms with Gasteiger partial charge in [0.2, 0.25) is 5.91 Å². The molecule has 8 heteroatoms. The summed E-state index contributed by atoms with van der Waals surface area (Å²) in [5.74, 6) is -0.372. The predicted octanol–water partition coefficient (Wildman–Crippen LogP) is 3.77. The van der Waals surface area contributed by atoms with Gasteiger partial charge in [-0.2, -0.15) is 11.3 Å². The van der Waals surface area contributed by atoms with Crippen LogP contribution in [0.15, 0.2) is 65.4 Å². The molecule has 0 atom stereocenters. The van der Waals surface area contributed by atoms with Crippen molar-refractivity contribution in [1.82, 2.24) is 15.1 Å². The fourth-order valence-electron chi connectivity index (χ4n) is 4.07. The molecule has 0 unspecified atom stereocenters. The van der Waals surface area contributed by atoms with Gasteiger partial charge in [-0.05, 0) is 42.5 Å². The zero-order valence-corrected chi connectivity index (χ0v) is 20.6. The molecule has 182 valence electrons. The molecule has 1 saturated heterocycles. The summed E-state index contributed by atoms with van der Waals surface area (Å²) in [5, 5.41) is 9.60. The zero-order valence-electron chi connectivity index (χ0n) is 19.8. The third kappa shape index (κ3) is 6.77. The zero-order chi connectivity index (χ0) is 24.6. The summed E-state index contributed by atoms with van der Waals surface area (Å²) >= 11 is 1.51. The smallest absolute Gasteiger partial charge is 0.254 e. The van der Waals surface area contributed by atoms with E-state index in [2.05, 4.69) is 15.5 Å². The van der Waals surface area contributed by atoms with Crippen LogP contribution in [0.1, 0.15) is 38.3 Å². The third-order valence-electron chi connectivity index (χ3n) is 6.03. The number of carbonyl (C=O) groups is 3. The van der Waals surface area contributed by atoms with E-state index >= 15 is 0 Å². The van der Waals surface area contributed by atoms with E-state index in [1.807, 2.05) is 52.9 Å². The number of carbonyl (C=O) groups excluding carboxylic acids is 3. The van der Waals surface area contributed by atoms with Crippen LogP contribution in [0, 0.1) is 6.92 Å². The number of thiophene rings is 1. The molecule has 1 aliphatic rings. The van der Waals surface area contributed by atoms with Gasteiger partial charge in [-0.25, -0.2) is 0 Å². The number of amides is 3. The number of aryl methyl sites for hydroxylation is 1. The molecule has 4 rings (SSSR count). The van der Waals surface area contributed by atoms with Crippen LogP contribution in [0.5, 0.6) is 0 Å². The van der Waals surface area contributed by atoms with Crippen LogP contribution < -0.4 is 10.6 Å². The Bertz CT molecular complexity index is 1160. The van der Waals surface area contributed by atoms with Crippen molar-refractivity contribution in [2.24, 2.45) is 0 Å². The number of hydrogen-bond acceptors (Lipinski definition) is 5. The highest BCUT2D eigenvalue weighted by molar-refractivity contribution is 7.08. The molecule has 1 aliphatic heterocycles. The fourth-order valence-corrected chi connectivity index (χ4v) is 4.70. The second kappa shape index (κ2) is 11.8. The van der Waals surface area contributed by atoms with E-state index in [-0.39, 0.29) is 24.3 Å². The van der Waals surface area contributed by atoms with Gasteiger partial charge in [-0.1, -0.05) is 42.0 Å². The van der Waals surface area contributed by atoms with E-state index in [1.165, 1.54) is 16.9 Å². The predicted molar refractivity (Wildman–Crippen MR) is 139 cm³/mol. The minimum atomic E-state index is -0.237. The maximum absolute atomic E-state index is 12.8. The van der Waals surface area contributed by atoms with Crippen molar-refractivity contribution >= 4 is 34.7 Å². The molecule has 1 fully saturated rings. The normalized spacial score (nSPS) is 14.3. The molecule has 0 saturated carbocycles. The van der Waals surface area contributed by atoms with Gasteiger partial charge in [-0.3, -0.25) is 19.3 Å². The van der Waals surface area contributed by atoms with Crippen molar-refractivity contribution in [2.75, 3.05) is 38.0 Å². The maximum Gasteiger partial charge on any atom is 0.254 e. The van der Waals surface area contributed by atoms with Crippen molar-refractivity contribution in [3.8, 4) is 0 Å². The molecular formula is C27H30N4O3S. The number of anilines is 1. The first-order valence-corrected chi connectivity index (χ1v) is 12.7. The van der Waals surface area contributed by atoms with E-state index in [9.17, 15) is 14.4 Å². The molecule has 2 heterocycles.